The monoisotopic (exact) mass is 488 g/mol. The van der Waals surface area contributed by atoms with Crippen LogP contribution in [-0.2, 0) is 22.3 Å². The average Bonchev–Trinajstić information content (AvgIpc) is 2.92. The van der Waals surface area contributed by atoms with Gasteiger partial charge in [-0.1, -0.05) is 0 Å². The van der Waals surface area contributed by atoms with E-state index in [4.69, 9.17) is 18.9 Å². The van der Waals surface area contributed by atoms with Crippen molar-refractivity contribution in [2.75, 3.05) is 66.7 Å². The lowest BCUT2D eigenvalue weighted by Gasteiger charge is -2.39. The third-order valence-corrected chi connectivity index (χ3v) is 7.55. The predicted molar refractivity (Wildman–Crippen MR) is 133 cm³/mol. The van der Waals surface area contributed by atoms with E-state index in [9.17, 15) is 10.5 Å². The zero-order chi connectivity index (χ0) is 25.1. The minimum Gasteiger partial charge on any atom is -0.495 e. The minimum atomic E-state index is -0.0164. The van der Waals surface area contributed by atoms with Crippen molar-refractivity contribution in [3.8, 4) is 23.6 Å². The highest BCUT2D eigenvalue weighted by atomic mass is 16.5. The molecule has 0 N–H and O–H groups in total. The molecule has 0 spiro atoms. The first-order valence-corrected chi connectivity index (χ1v) is 12.5. The Balaban J connectivity index is 1.21. The van der Waals surface area contributed by atoms with E-state index in [0.717, 1.165) is 63.2 Å². The van der Waals surface area contributed by atoms with E-state index in [0.29, 0.717) is 35.8 Å². The lowest BCUT2D eigenvalue weighted by molar-refractivity contribution is -0.0137. The van der Waals surface area contributed by atoms with Gasteiger partial charge < -0.3 is 18.9 Å². The number of hydrogen-bond acceptors (Lipinski definition) is 8. The van der Waals surface area contributed by atoms with Crippen LogP contribution in [0.15, 0.2) is 24.3 Å². The molecule has 3 heterocycles. The number of rotatable bonds is 6. The standard InChI is InChI=1S/C28H32N4O4/c1-33-25-13-23-19(11-21(25)15-29)3-9-35-27(23)17-31-5-7-32(8-6-31)18-28-24-14-26(34-2)22(16-30)12-20(24)4-10-36-28/h11-14,27-28H,3-10,17-18H2,1-2H3. The van der Waals surface area contributed by atoms with Gasteiger partial charge in [-0.05, 0) is 59.4 Å². The molecule has 2 aromatic rings. The van der Waals surface area contributed by atoms with E-state index in [1.807, 2.05) is 24.3 Å². The molecule has 5 rings (SSSR count). The van der Waals surface area contributed by atoms with Gasteiger partial charge in [0.05, 0.1) is 50.8 Å². The summed E-state index contributed by atoms with van der Waals surface area (Å²) >= 11 is 0. The zero-order valence-corrected chi connectivity index (χ0v) is 21.0. The molecule has 0 amide bonds. The summed E-state index contributed by atoms with van der Waals surface area (Å²) in [5.74, 6) is 1.23. The number of nitriles is 2. The summed E-state index contributed by atoms with van der Waals surface area (Å²) in [6, 6.07) is 12.4. The Morgan fingerprint density at radius 2 is 1.17 bits per heavy atom. The molecule has 188 valence electrons. The Morgan fingerprint density at radius 3 is 1.53 bits per heavy atom. The molecule has 2 aromatic carbocycles. The summed E-state index contributed by atoms with van der Waals surface area (Å²) in [6.07, 6.45) is 1.61. The van der Waals surface area contributed by atoms with E-state index in [1.165, 1.54) is 11.1 Å². The molecule has 0 saturated carbocycles. The van der Waals surface area contributed by atoms with E-state index < -0.39 is 0 Å². The van der Waals surface area contributed by atoms with Crippen molar-refractivity contribution in [2.45, 2.75) is 25.0 Å². The topological polar surface area (TPSA) is 91.0 Å². The van der Waals surface area contributed by atoms with Gasteiger partial charge in [-0.15, -0.1) is 0 Å². The van der Waals surface area contributed by atoms with Gasteiger partial charge in [-0.3, -0.25) is 9.80 Å². The Hall–Kier alpha value is -3.14. The van der Waals surface area contributed by atoms with Crippen molar-refractivity contribution in [2.24, 2.45) is 0 Å². The smallest absolute Gasteiger partial charge is 0.137 e. The SMILES string of the molecule is COc1cc2c(cc1C#N)CCOC2CN1CCN(CC2OCCc3cc(C#N)c(OC)cc32)CC1. The summed E-state index contributed by atoms with van der Waals surface area (Å²) < 4.78 is 23.2. The van der Waals surface area contributed by atoms with Gasteiger partial charge in [0.25, 0.3) is 0 Å². The molecule has 3 aliphatic rings. The Morgan fingerprint density at radius 1 is 0.750 bits per heavy atom. The Bertz CT molecular complexity index is 1100. The van der Waals surface area contributed by atoms with Crippen molar-refractivity contribution in [3.05, 3.63) is 57.6 Å². The maximum atomic E-state index is 9.42. The number of fused-ring (bicyclic) bond motifs is 2. The fourth-order valence-corrected chi connectivity index (χ4v) is 5.55. The van der Waals surface area contributed by atoms with Crippen LogP contribution in [0, 0.1) is 22.7 Å². The second-order valence-corrected chi connectivity index (χ2v) is 9.55. The molecule has 0 radical (unpaired) electrons. The first kappa shape index (κ1) is 24.5. The zero-order valence-electron chi connectivity index (χ0n) is 21.0. The van der Waals surface area contributed by atoms with Crippen molar-refractivity contribution < 1.29 is 18.9 Å². The van der Waals surface area contributed by atoms with E-state index in [-0.39, 0.29) is 12.2 Å². The normalized spacial score (nSPS) is 22.1. The molecule has 1 saturated heterocycles. The van der Waals surface area contributed by atoms with Gasteiger partial charge in [0.15, 0.2) is 0 Å². The average molecular weight is 489 g/mol. The molecular formula is C28H32N4O4. The molecule has 0 bridgehead atoms. The molecule has 36 heavy (non-hydrogen) atoms. The Labute approximate surface area is 212 Å². The Kier molecular flexibility index (Phi) is 7.41. The van der Waals surface area contributed by atoms with Crippen LogP contribution in [0.25, 0.3) is 0 Å². The van der Waals surface area contributed by atoms with Gasteiger partial charge in [-0.2, -0.15) is 10.5 Å². The number of piperazine rings is 1. The summed E-state index contributed by atoms with van der Waals surface area (Å²) in [6.45, 7) is 6.82. The summed E-state index contributed by atoms with van der Waals surface area (Å²) in [5.41, 5.74) is 5.81. The van der Waals surface area contributed by atoms with Crippen molar-refractivity contribution in [3.63, 3.8) is 0 Å². The highest BCUT2D eigenvalue weighted by Gasteiger charge is 2.30. The molecule has 2 atom stereocenters. The van der Waals surface area contributed by atoms with Gasteiger partial charge >= 0.3 is 0 Å². The lowest BCUT2D eigenvalue weighted by Crippen LogP contribution is -2.49. The number of benzene rings is 2. The van der Waals surface area contributed by atoms with Crippen molar-refractivity contribution >= 4 is 0 Å². The van der Waals surface area contributed by atoms with Crippen LogP contribution in [0.3, 0.4) is 0 Å². The summed E-state index contributed by atoms with van der Waals surface area (Å²) in [5, 5.41) is 18.8. The van der Waals surface area contributed by atoms with Crippen molar-refractivity contribution in [1.82, 2.24) is 9.80 Å². The largest absolute Gasteiger partial charge is 0.495 e. The molecule has 8 nitrogen and oxygen atoms in total. The molecule has 0 aliphatic carbocycles. The first-order chi connectivity index (χ1) is 17.6. The van der Waals surface area contributed by atoms with Crippen LogP contribution < -0.4 is 9.47 Å². The molecule has 2 unspecified atom stereocenters. The first-order valence-electron chi connectivity index (χ1n) is 12.5. The third-order valence-electron chi connectivity index (χ3n) is 7.55. The lowest BCUT2D eigenvalue weighted by atomic mass is 9.94. The summed E-state index contributed by atoms with van der Waals surface area (Å²) in [4.78, 5) is 4.91. The maximum Gasteiger partial charge on any atom is 0.137 e. The number of nitrogens with zero attached hydrogens (tertiary/aromatic N) is 4. The third kappa shape index (κ3) is 4.91. The molecule has 0 aromatic heterocycles. The number of ether oxygens (including phenoxy) is 4. The second kappa shape index (κ2) is 10.9. The van der Waals surface area contributed by atoms with E-state index in [2.05, 4.69) is 21.9 Å². The van der Waals surface area contributed by atoms with Crippen LogP contribution in [0.4, 0.5) is 0 Å². The van der Waals surface area contributed by atoms with Gasteiger partial charge in [0.2, 0.25) is 0 Å². The predicted octanol–water partition coefficient (Wildman–Crippen LogP) is 2.99. The highest BCUT2D eigenvalue weighted by molar-refractivity contribution is 5.51. The van der Waals surface area contributed by atoms with Crippen LogP contribution in [0.1, 0.15) is 45.6 Å². The van der Waals surface area contributed by atoms with Gasteiger partial charge in [-0.25, -0.2) is 0 Å². The van der Waals surface area contributed by atoms with Crippen LogP contribution in [0.2, 0.25) is 0 Å². The molecule has 3 aliphatic heterocycles. The highest BCUT2D eigenvalue weighted by Crippen LogP contribution is 2.35. The quantitative estimate of drug-likeness (QED) is 0.613. The fourth-order valence-electron chi connectivity index (χ4n) is 5.55. The fraction of sp³-hybridized carbons (Fsp3) is 0.500. The molecule has 8 heteroatoms. The van der Waals surface area contributed by atoms with Gasteiger partial charge in [0, 0.05) is 39.3 Å². The maximum absolute atomic E-state index is 9.42. The summed E-state index contributed by atoms with van der Waals surface area (Å²) in [7, 11) is 3.21. The van der Waals surface area contributed by atoms with E-state index >= 15 is 0 Å². The van der Waals surface area contributed by atoms with Crippen LogP contribution >= 0.6 is 0 Å². The van der Waals surface area contributed by atoms with Gasteiger partial charge in [0.1, 0.15) is 23.6 Å². The number of hydrogen-bond donors (Lipinski definition) is 0. The molecule has 1 fully saturated rings. The second-order valence-electron chi connectivity index (χ2n) is 9.55. The number of methoxy groups -OCH3 is 2. The minimum absolute atomic E-state index is 0.0164. The van der Waals surface area contributed by atoms with E-state index in [1.54, 1.807) is 14.2 Å². The van der Waals surface area contributed by atoms with Crippen LogP contribution in [0.5, 0.6) is 11.5 Å². The van der Waals surface area contributed by atoms with Crippen LogP contribution in [-0.4, -0.2) is 76.5 Å². The van der Waals surface area contributed by atoms with Crippen molar-refractivity contribution in [1.29, 1.82) is 10.5 Å². The molecular weight excluding hydrogens is 456 g/mol.